The van der Waals surface area contributed by atoms with Crippen LogP contribution in [0.5, 0.6) is 0 Å². The number of para-hydroxylation sites is 1. The zero-order chi connectivity index (χ0) is 33.9. The van der Waals surface area contributed by atoms with Crippen LogP contribution in [0.4, 0.5) is 43.5 Å². The zero-order valence-corrected chi connectivity index (χ0v) is 25.8. The fourth-order valence-corrected chi connectivity index (χ4v) is 6.54. The number of fused-ring (bicyclic) bond motifs is 2. The third-order valence-corrected chi connectivity index (χ3v) is 9.36. The van der Waals surface area contributed by atoms with Gasteiger partial charge in [-0.15, -0.1) is 0 Å². The number of aliphatic hydroxyl groups is 1. The highest BCUT2D eigenvalue weighted by molar-refractivity contribution is 7.92. The summed E-state index contributed by atoms with van der Waals surface area (Å²) in [5.74, 6) is -0.570. The number of anilines is 3. The van der Waals surface area contributed by atoms with Crippen molar-refractivity contribution in [1.29, 1.82) is 0 Å². The van der Waals surface area contributed by atoms with E-state index in [4.69, 9.17) is 4.52 Å². The van der Waals surface area contributed by atoms with E-state index in [2.05, 4.69) is 20.4 Å². The number of aromatic nitrogens is 3. The highest BCUT2D eigenvalue weighted by Gasteiger charge is 2.64. The molecule has 6 rings (SSSR count). The van der Waals surface area contributed by atoms with Gasteiger partial charge in [-0.2, -0.15) is 31.3 Å². The molecule has 0 saturated heterocycles. The minimum Gasteiger partial charge on any atom is -0.381 e. The zero-order valence-electron chi connectivity index (χ0n) is 25.0. The number of nitrogens with zero attached hydrogens (tertiary/aromatic N) is 4. The van der Waals surface area contributed by atoms with Gasteiger partial charge >= 0.3 is 12.4 Å². The average Bonchev–Trinajstić information content (AvgIpc) is 3.70. The van der Waals surface area contributed by atoms with Gasteiger partial charge in [-0.1, -0.05) is 43.3 Å². The Morgan fingerprint density at radius 1 is 0.935 bits per heavy atom. The summed E-state index contributed by atoms with van der Waals surface area (Å²) in [6.07, 6.45) is -9.51. The fourth-order valence-electron chi connectivity index (χ4n) is 5.06. The number of sulfonamides is 1. The Balaban J connectivity index is 0.00000204. The molecule has 1 saturated carbocycles. The van der Waals surface area contributed by atoms with Gasteiger partial charge in [0.1, 0.15) is 17.1 Å². The van der Waals surface area contributed by atoms with Crippen molar-refractivity contribution >= 4 is 27.2 Å². The molecule has 1 aliphatic carbocycles. The SMILES string of the molecule is CC.CC(C)(O)c1nc(-c2cccc3c2N(S(=O)(=O)c2ccc(C4(C(F)(F)F)CC4)cc2)Cc2ccc(C(F)(F)F)nc2N3)no1. The molecular formula is C30H29F6N5O4S. The lowest BCUT2D eigenvalue weighted by atomic mass is 9.95. The Kier molecular flexibility index (Phi) is 8.12. The van der Waals surface area contributed by atoms with Gasteiger partial charge in [-0.05, 0) is 62.6 Å². The summed E-state index contributed by atoms with van der Waals surface area (Å²) in [5, 5.41) is 17.0. The first-order chi connectivity index (χ1) is 21.4. The monoisotopic (exact) mass is 669 g/mol. The van der Waals surface area contributed by atoms with E-state index >= 15 is 0 Å². The molecule has 246 valence electrons. The number of benzene rings is 2. The van der Waals surface area contributed by atoms with E-state index in [1.807, 2.05) is 13.8 Å². The maximum absolute atomic E-state index is 14.2. The number of hydrogen-bond acceptors (Lipinski definition) is 8. The third kappa shape index (κ3) is 5.79. The van der Waals surface area contributed by atoms with Crippen molar-refractivity contribution in [2.45, 2.75) is 75.3 Å². The van der Waals surface area contributed by atoms with Crippen molar-refractivity contribution in [3.63, 3.8) is 0 Å². The summed E-state index contributed by atoms with van der Waals surface area (Å²) in [5.41, 5.74) is -4.75. The van der Waals surface area contributed by atoms with Gasteiger partial charge in [0, 0.05) is 11.1 Å². The van der Waals surface area contributed by atoms with Gasteiger partial charge in [0.2, 0.25) is 5.82 Å². The number of halogens is 6. The fraction of sp³-hybridized carbons (Fsp3) is 0.367. The largest absolute Gasteiger partial charge is 0.433 e. The molecule has 46 heavy (non-hydrogen) atoms. The minimum absolute atomic E-state index is 0.0249. The van der Waals surface area contributed by atoms with Crippen LogP contribution in [0.1, 0.15) is 63.2 Å². The molecule has 4 aromatic rings. The van der Waals surface area contributed by atoms with Crippen LogP contribution in [0.3, 0.4) is 0 Å². The van der Waals surface area contributed by atoms with Crippen molar-refractivity contribution in [1.82, 2.24) is 15.1 Å². The molecule has 16 heteroatoms. The van der Waals surface area contributed by atoms with E-state index < -0.39 is 45.6 Å². The smallest absolute Gasteiger partial charge is 0.381 e. The highest BCUT2D eigenvalue weighted by Crippen LogP contribution is 2.59. The van der Waals surface area contributed by atoms with Gasteiger partial charge < -0.3 is 14.9 Å². The molecule has 1 fully saturated rings. The Bertz CT molecular complexity index is 1860. The van der Waals surface area contributed by atoms with Gasteiger partial charge in [0.25, 0.3) is 15.9 Å². The minimum atomic E-state index is -4.78. The van der Waals surface area contributed by atoms with Crippen LogP contribution in [0.25, 0.3) is 11.4 Å². The van der Waals surface area contributed by atoms with Crippen LogP contribution in [0, 0.1) is 0 Å². The number of nitrogens with one attached hydrogen (secondary N) is 1. The second-order valence-corrected chi connectivity index (χ2v) is 13.0. The molecule has 0 unspecified atom stereocenters. The van der Waals surface area contributed by atoms with E-state index in [1.54, 1.807) is 0 Å². The van der Waals surface area contributed by atoms with Gasteiger partial charge in [-0.25, -0.2) is 13.4 Å². The maximum atomic E-state index is 14.2. The molecule has 2 N–H and O–H groups in total. The lowest BCUT2D eigenvalue weighted by molar-refractivity contribution is -0.160. The first-order valence-electron chi connectivity index (χ1n) is 14.2. The van der Waals surface area contributed by atoms with E-state index in [0.717, 1.165) is 40.7 Å². The molecule has 0 amide bonds. The Hall–Kier alpha value is -4.18. The Morgan fingerprint density at radius 2 is 1.59 bits per heavy atom. The highest BCUT2D eigenvalue weighted by atomic mass is 32.2. The van der Waals surface area contributed by atoms with Crippen LogP contribution in [-0.4, -0.2) is 34.8 Å². The second-order valence-electron chi connectivity index (χ2n) is 11.1. The van der Waals surface area contributed by atoms with Gasteiger partial charge in [0.15, 0.2) is 0 Å². The molecule has 0 atom stereocenters. The predicted octanol–water partition coefficient (Wildman–Crippen LogP) is 7.45. The molecular weight excluding hydrogens is 640 g/mol. The summed E-state index contributed by atoms with van der Waals surface area (Å²) < 4.78 is 116. The lowest BCUT2D eigenvalue weighted by Crippen LogP contribution is -2.31. The van der Waals surface area contributed by atoms with Crippen LogP contribution in [0.2, 0.25) is 0 Å². The van der Waals surface area contributed by atoms with Crippen molar-refractivity contribution < 1.29 is 44.4 Å². The molecule has 3 heterocycles. The molecule has 9 nitrogen and oxygen atoms in total. The normalized spacial score (nSPS) is 15.9. The Labute approximate surface area is 260 Å². The number of hydrogen-bond donors (Lipinski definition) is 2. The van der Waals surface area contributed by atoms with Gasteiger partial charge in [-0.3, -0.25) is 4.31 Å². The first kappa shape index (κ1) is 33.2. The second kappa shape index (κ2) is 11.3. The van der Waals surface area contributed by atoms with Crippen LogP contribution >= 0.6 is 0 Å². The molecule has 0 radical (unpaired) electrons. The quantitative estimate of drug-likeness (QED) is 0.210. The molecule has 2 aliphatic rings. The van der Waals surface area contributed by atoms with Gasteiger partial charge in [0.05, 0.1) is 28.2 Å². The van der Waals surface area contributed by atoms with Crippen molar-refractivity contribution in [2.75, 3.05) is 9.62 Å². The predicted molar refractivity (Wildman–Crippen MR) is 156 cm³/mol. The van der Waals surface area contributed by atoms with Crippen molar-refractivity contribution in [3.8, 4) is 11.4 Å². The summed E-state index contributed by atoms with van der Waals surface area (Å²) in [6, 6.07) is 10.5. The summed E-state index contributed by atoms with van der Waals surface area (Å²) >= 11 is 0. The number of rotatable bonds is 5. The van der Waals surface area contributed by atoms with E-state index in [1.165, 1.54) is 32.0 Å². The number of alkyl halides is 6. The van der Waals surface area contributed by atoms with Crippen LogP contribution in [-0.2, 0) is 33.8 Å². The summed E-state index contributed by atoms with van der Waals surface area (Å²) in [7, 11) is -4.58. The summed E-state index contributed by atoms with van der Waals surface area (Å²) in [6.45, 7) is 6.27. The van der Waals surface area contributed by atoms with E-state index in [-0.39, 0.29) is 63.3 Å². The molecule has 2 aromatic carbocycles. The average molecular weight is 670 g/mol. The maximum Gasteiger partial charge on any atom is 0.433 e. The topological polar surface area (TPSA) is 121 Å². The van der Waals surface area contributed by atoms with Crippen LogP contribution in [0.15, 0.2) is 64.0 Å². The van der Waals surface area contributed by atoms with Crippen LogP contribution < -0.4 is 9.62 Å². The van der Waals surface area contributed by atoms with E-state index in [9.17, 15) is 39.9 Å². The van der Waals surface area contributed by atoms with Crippen molar-refractivity contribution in [2.24, 2.45) is 0 Å². The summed E-state index contributed by atoms with van der Waals surface area (Å²) in [4.78, 5) is 7.54. The molecule has 2 aromatic heterocycles. The van der Waals surface area contributed by atoms with Crippen molar-refractivity contribution in [3.05, 3.63) is 77.3 Å². The molecule has 0 spiro atoms. The Morgan fingerprint density at radius 3 is 2.13 bits per heavy atom. The third-order valence-electron chi connectivity index (χ3n) is 7.60. The molecule has 1 aliphatic heterocycles. The first-order valence-corrected chi connectivity index (χ1v) is 15.6. The molecule has 0 bridgehead atoms. The standard InChI is InChI=1S/C28H23F6N5O4S.C2H6/c1-25(2,40)24-37-23(38-43-24)18-4-3-5-19-21(18)39(14-15-6-11-20(27(29,30)31)36-22(15)35-19)44(41,42)17-9-7-16(8-10-17)26(12-13-26)28(32,33)34;1-2/h3-11,40H,12-14H2,1-2H3,(H,35,36);1-2H3. The lowest BCUT2D eigenvalue weighted by Gasteiger charge is -2.26. The number of pyridine rings is 1. The van der Waals surface area contributed by atoms with E-state index in [0.29, 0.717) is 0 Å².